The molecule has 1 amide bonds. The Morgan fingerprint density at radius 1 is 1.18 bits per heavy atom. The molecule has 1 heterocycles. The van der Waals surface area contributed by atoms with Gasteiger partial charge in [-0.3, -0.25) is 9.69 Å². The Labute approximate surface area is 169 Å². The molecule has 2 atom stereocenters. The van der Waals surface area contributed by atoms with Crippen molar-refractivity contribution in [3.63, 3.8) is 0 Å². The van der Waals surface area contributed by atoms with Crippen LogP contribution in [0.4, 0.5) is 5.69 Å². The summed E-state index contributed by atoms with van der Waals surface area (Å²) in [7, 11) is 0. The number of rotatable bonds is 10. The van der Waals surface area contributed by atoms with E-state index in [2.05, 4.69) is 24.1 Å². The lowest BCUT2D eigenvalue weighted by molar-refractivity contribution is -0.142. The van der Waals surface area contributed by atoms with Crippen molar-refractivity contribution in [1.29, 1.82) is 0 Å². The normalized spacial score (nSPS) is 22.5. The molecule has 1 N–H and O–H groups in total. The molecule has 0 spiro atoms. The van der Waals surface area contributed by atoms with Gasteiger partial charge in [0.15, 0.2) is 0 Å². The Bertz CT molecular complexity index is 629. The van der Waals surface area contributed by atoms with Gasteiger partial charge in [0.05, 0.1) is 0 Å². The quantitative estimate of drug-likeness (QED) is 0.642. The summed E-state index contributed by atoms with van der Waals surface area (Å²) >= 11 is 0. The van der Waals surface area contributed by atoms with Crippen LogP contribution in [0.1, 0.15) is 59.3 Å². The van der Waals surface area contributed by atoms with E-state index in [1.54, 1.807) is 0 Å². The molecule has 5 nitrogen and oxygen atoms in total. The average Bonchev–Trinajstić information content (AvgIpc) is 3.54. The van der Waals surface area contributed by atoms with E-state index in [1.165, 1.54) is 25.8 Å². The highest BCUT2D eigenvalue weighted by molar-refractivity contribution is 5.97. The van der Waals surface area contributed by atoms with Crippen LogP contribution in [0.2, 0.25) is 0 Å². The maximum absolute atomic E-state index is 12.8. The van der Waals surface area contributed by atoms with Gasteiger partial charge in [-0.1, -0.05) is 13.3 Å². The zero-order valence-electron chi connectivity index (χ0n) is 17.7. The topological polar surface area (TPSA) is 50.8 Å². The van der Waals surface area contributed by atoms with E-state index < -0.39 is 5.60 Å². The number of piperidine rings is 1. The van der Waals surface area contributed by atoms with Crippen LogP contribution in [0.25, 0.3) is 0 Å². The molecule has 1 aromatic carbocycles. The van der Waals surface area contributed by atoms with E-state index in [4.69, 9.17) is 9.47 Å². The van der Waals surface area contributed by atoms with Gasteiger partial charge < -0.3 is 14.8 Å². The van der Waals surface area contributed by atoms with Gasteiger partial charge in [0.25, 0.3) is 5.91 Å². The highest BCUT2D eigenvalue weighted by atomic mass is 16.5. The van der Waals surface area contributed by atoms with Gasteiger partial charge in [-0.05, 0) is 82.7 Å². The van der Waals surface area contributed by atoms with E-state index >= 15 is 0 Å². The number of carbonyl (C=O) groups excluding carboxylic acids is 1. The molecule has 3 rings (SSSR count). The Morgan fingerprint density at radius 3 is 2.57 bits per heavy atom. The zero-order valence-corrected chi connectivity index (χ0v) is 17.7. The van der Waals surface area contributed by atoms with Gasteiger partial charge in [0.1, 0.15) is 18.0 Å². The number of hydrogen-bond acceptors (Lipinski definition) is 4. The minimum Gasteiger partial charge on any atom is -0.492 e. The van der Waals surface area contributed by atoms with Crippen LogP contribution < -0.4 is 10.1 Å². The fourth-order valence-corrected chi connectivity index (χ4v) is 3.98. The van der Waals surface area contributed by atoms with Crippen LogP contribution in [0.5, 0.6) is 5.75 Å². The molecule has 2 aliphatic rings. The van der Waals surface area contributed by atoms with Crippen molar-refractivity contribution in [3.8, 4) is 5.75 Å². The number of ether oxygens (including phenoxy) is 2. The first kappa shape index (κ1) is 21.1. The van der Waals surface area contributed by atoms with Crippen molar-refractivity contribution < 1.29 is 14.3 Å². The average molecular weight is 389 g/mol. The second kappa shape index (κ2) is 9.75. The van der Waals surface area contributed by atoms with Gasteiger partial charge in [-0.2, -0.15) is 0 Å². The minimum atomic E-state index is -0.726. The molecule has 1 aromatic rings. The summed E-state index contributed by atoms with van der Waals surface area (Å²) in [6.07, 6.45) is 6.97. The van der Waals surface area contributed by atoms with Crippen molar-refractivity contribution in [1.82, 2.24) is 4.90 Å². The first-order valence-corrected chi connectivity index (χ1v) is 10.9. The molecule has 1 saturated carbocycles. The Balaban J connectivity index is 1.47. The van der Waals surface area contributed by atoms with Crippen molar-refractivity contribution in [2.45, 2.75) is 70.9 Å². The first-order chi connectivity index (χ1) is 13.5. The minimum absolute atomic E-state index is 0.0452. The molecule has 2 fully saturated rings. The monoisotopic (exact) mass is 388 g/mol. The van der Waals surface area contributed by atoms with Crippen molar-refractivity contribution in [2.75, 3.05) is 31.6 Å². The Morgan fingerprint density at radius 2 is 1.93 bits per heavy atom. The maximum Gasteiger partial charge on any atom is 0.256 e. The van der Waals surface area contributed by atoms with Crippen LogP contribution in [0.15, 0.2) is 24.3 Å². The number of carbonyl (C=O) groups is 1. The number of hydrogen-bond donors (Lipinski definition) is 1. The van der Waals surface area contributed by atoms with Crippen LogP contribution in [-0.4, -0.2) is 48.8 Å². The standard InChI is InChI=1S/C23H36N2O3/c1-4-16-28-23(3,19-8-9-19)22(26)24-20-10-12-21(13-11-20)27-17-15-25-14-6-5-7-18(25)2/h10-13,18-19H,4-9,14-17H2,1-3H3,(H,24,26). The summed E-state index contributed by atoms with van der Waals surface area (Å²) in [5.41, 5.74) is 0.0602. The molecule has 5 heteroatoms. The summed E-state index contributed by atoms with van der Waals surface area (Å²) in [4.78, 5) is 15.3. The molecule has 28 heavy (non-hydrogen) atoms. The van der Waals surface area contributed by atoms with Gasteiger partial charge in [-0.25, -0.2) is 0 Å². The highest BCUT2D eigenvalue weighted by Crippen LogP contribution is 2.42. The predicted octanol–water partition coefficient (Wildman–Crippen LogP) is 4.47. The largest absolute Gasteiger partial charge is 0.492 e. The van der Waals surface area contributed by atoms with Gasteiger partial charge >= 0.3 is 0 Å². The fourth-order valence-electron chi connectivity index (χ4n) is 3.98. The lowest BCUT2D eigenvalue weighted by atomic mass is 9.98. The molecule has 1 aliphatic heterocycles. The third-order valence-electron chi connectivity index (χ3n) is 6.11. The van der Waals surface area contributed by atoms with E-state index in [1.807, 2.05) is 31.2 Å². The van der Waals surface area contributed by atoms with Crippen LogP contribution in [-0.2, 0) is 9.53 Å². The lowest BCUT2D eigenvalue weighted by Crippen LogP contribution is -2.45. The summed E-state index contributed by atoms with van der Waals surface area (Å²) in [5, 5.41) is 3.03. The molecule has 2 unspecified atom stereocenters. The van der Waals surface area contributed by atoms with Crippen molar-refractivity contribution in [3.05, 3.63) is 24.3 Å². The van der Waals surface area contributed by atoms with E-state index in [-0.39, 0.29) is 5.91 Å². The number of anilines is 1. The van der Waals surface area contributed by atoms with E-state index in [0.717, 1.165) is 37.2 Å². The molecular weight excluding hydrogens is 352 g/mol. The van der Waals surface area contributed by atoms with Crippen LogP contribution in [0, 0.1) is 5.92 Å². The molecule has 1 saturated heterocycles. The van der Waals surface area contributed by atoms with Crippen LogP contribution in [0.3, 0.4) is 0 Å². The maximum atomic E-state index is 12.8. The first-order valence-electron chi connectivity index (χ1n) is 10.9. The van der Waals surface area contributed by atoms with Crippen molar-refractivity contribution >= 4 is 11.6 Å². The van der Waals surface area contributed by atoms with Crippen molar-refractivity contribution in [2.24, 2.45) is 5.92 Å². The molecular formula is C23H36N2O3. The predicted molar refractivity (Wildman–Crippen MR) is 113 cm³/mol. The SMILES string of the molecule is CCCOC(C)(C(=O)Nc1ccc(OCCN2CCCCC2C)cc1)C1CC1. The summed E-state index contributed by atoms with van der Waals surface area (Å²) in [5.74, 6) is 1.13. The highest BCUT2D eigenvalue weighted by Gasteiger charge is 2.48. The third-order valence-corrected chi connectivity index (χ3v) is 6.11. The smallest absolute Gasteiger partial charge is 0.256 e. The number of benzene rings is 1. The molecule has 0 aromatic heterocycles. The number of likely N-dealkylation sites (tertiary alicyclic amines) is 1. The summed E-state index contributed by atoms with van der Waals surface area (Å²) in [6, 6.07) is 8.33. The van der Waals surface area contributed by atoms with Gasteiger partial charge in [0, 0.05) is 24.9 Å². The van der Waals surface area contributed by atoms with E-state index in [0.29, 0.717) is 25.2 Å². The summed E-state index contributed by atoms with van der Waals surface area (Å²) < 4.78 is 11.8. The lowest BCUT2D eigenvalue weighted by Gasteiger charge is -2.33. The fraction of sp³-hybridized carbons (Fsp3) is 0.696. The number of nitrogens with one attached hydrogen (secondary N) is 1. The molecule has 156 valence electrons. The summed E-state index contributed by atoms with van der Waals surface area (Å²) in [6.45, 7) is 9.74. The third kappa shape index (κ3) is 5.48. The van der Waals surface area contributed by atoms with Crippen LogP contribution >= 0.6 is 0 Å². The van der Waals surface area contributed by atoms with Gasteiger partial charge in [-0.15, -0.1) is 0 Å². The second-order valence-corrected chi connectivity index (χ2v) is 8.44. The Kier molecular flexibility index (Phi) is 7.36. The zero-order chi connectivity index (χ0) is 20.0. The van der Waals surface area contributed by atoms with Gasteiger partial charge in [0.2, 0.25) is 0 Å². The van der Waals surface area contributed by atoms with E-state index in [9.17, 15) is 4.79 Å². The number of amides is 1. The Hall–Kier alpha value is -1.59. The molecule has 1 aliphatic carbocycles. The molecule has 0 radical (unpaired) electrons. The second-order valence-electron chi connectivity index (χ2n) is 8.44. The number of nitrogens with zero attached hydrogens (tertiary/aromatic N) is 1. The molecule has 0 bridgehead atoms.